The Morgan fingerprint density at radius 2 is 2.08 bits per heavy atom. The van der Waals surface area contributed by atoms with E-state index >= 15 is 0 Å². The zero-order valence-electron chi connectivity index (χ0n) is 15.0. The number of hydrogen-bond donors (Lipinski definition) is 1. The quantitative estimate of drug-likeness (QED) is 0.760. The van der Waals surface area contributed by atoms with E-state index in [-0.39, 0.29) is 24.4 Å². The Morgan fingerprint density at radius 3 is 2.71 bits per heavy atom. The van der Waals surface area contributed by atoms with Gasteiger partial charge in [0.2, 0.25) is 11.8 Å². The number of hydrogen-bond acceptors (Lipinski definition) is 6. The van der Waals surface area contributed by atoms with Crippen LogP contribution in [0, 0.1) is 0 Å². The summed E-state index contributed by atoms with van der Waals surface area (Å²) in [6.07, 6.45) is 2.91. The smallest absolute Gasteiger partial charge is 0.227 e. The lowest BCUT2D eigenvalue weighted by atomic mass is 10.2. The molecule has 2 rings (SSSR count). The molecule has 1 unspecified atom stereocenters. The molecule has 1 aliphatic rings. The molecule has 0 aliphatic carbocycles. The molecule has 1 saturated heterocycles. The zero-order valence-corrected chi connectivity index (χ0v) is 15.8. The van der Waals surface area contributed by atoms with Gasteiger partial charge in [-0.1, -0.05) is 19.0 Å². The first-order chi connectivity index (χ1) is 11.2. The lowest BCUT2D eigenvalue weighted by Crippen LogP contribution is -2.44. The fraction of sp³-hybridized carbons (Fsp3) is 0.812. The van der Waals surface area contributed by atoms with Crippen molar-refractivity contribution in [2.75, 3.05) is 39.8 Å². The first-order valence-corrected chi connectivity index (χ1v) is 8.66. The summed E-state index contributed by atoms with van der Waals surface area (Å²) in [6.45, 7) is 8.60. The van der Waals surface area contributed by atoms with E-state index in [2.05, 4.69) is 41.3 Å². The third-order valence-electron chi connectivity index (χ3n) is 4.19. The molecule has 1 aromatic rings. The van der Waals surface area contributed by atoms with Crippen molar-refractivity contribution in [3.63, 3.8) is 0 Å². The summed E-state index contributed by atoms with van der Waals surface area (Å²) in [5.74, 6) is 1.44. The number of halogens is 1. The minimum atomic E-state index is 0. The van der Waals surface area contributed by atoms with Crippen molar-refractivity contribution < 1.29 is 9.32 Å². The van der Waals surface area contributed by atoms with Crippen molar-refractivity contribution in [2.24, 2.45) is 0 Å². The summed E-state index contributed by atoms with van der Waals surface area (Å²) >= 11 is 0. The van der Waals surface area contributed by atoms with E-state index in [1.807, 2.05) is 4.90 Å². The normalized spacial score (nSPS) is 18.2. The third kappa shape index (κ3) is 5.72. The van der Waals surface area contributed by atoms with Crippen molar-refractivity contribution in [3.8, 4) is 0 Å². The van der Waals surface area contributed by atoms with Crippen LogP contribution in [0.15, 0.2) is 4.52 Å². The highest BCUT2D eigenvalue weighted by molar-refractivity contribution is 5.85. The molecule has 138 valence electrons. The Hall–Kier alpha value is -1.18. The van der Waals surface area contributed by atoms with Crippen LogP contribution in [-0.4, -0.2) is 65.6 Å². The van der Waals surface area contributed by atoms with Gasteiger partial charge in [0.05, 0.1) is 6.04 Å². The van der Waals surface area contributed by atoms with Crippen LogP contribution in [0.25, 0.3) is 0 Å². The molecular weight excluding hydrogens is 330 g/mol. The predicted molar refractivity (Wildman–Crippen MR) is 95.3 cm³/mol. The molecule has 0 aromatic carbocycles. The van der Waals surface area contributed by atoms with Gasteiger partial charge in [-0.2, -0.15) is 4.98 Å². The van der Waals surface area contributed by atoms with E-state index in [4.69, 9.17) is 4.52 Å². The monoisotopic (exact) mass is 359 g/mol. The topological polar surface area (TPSA) is 74.5 Å². The third-order valence-corrected chi connectivity index (χ3v) is 4.19. The van der Waals surface area contributed by atoms with Crippen LogP contribution in [0.5, 0.6) is 0 Å². The van der Waals surface area contributed by atoms with E-state index in [1.54, 1.807) is 0 Å². The van der Waals surface area contributed by atoms with E-state index < -0.39 is 0 Å². The number of rotatable bonds is 8. The van der Waals surface area contributed by atoms with Crippen LogP contribution in [0.3, 0.4) is 0 Å². The summed E-state index contributed by atoms with van der Waals surface area (Å²) in [6, 6.07) is 0.147. The fourth-order valence-corrected chi connectivity index (χ4v) is 2.87. The van der Waals surface area contributed by atoms with Gasteiger partial charge in [-0.05, 0) is 19.9 Å². The van der Waals surface area contributed by atoms with Crippen LogP contribution in [0.4, 0.5) is 0 Å². The molecular formula is C16H30ClN5O2. The number of nitrogens with zero attached hydrogens (tertiary/aromatic N) is 4. The van der Waals surface area contributed by atoms with Gasteiger partial charge >= 0.3 is 0 Å². The number of nitrogens with one attached hydrogen (secondary N) is 1. The lowest BCUT2D eigenvalue weighted by molar-refractivity contribution is -0.131. The molecule has 8 heteroatoms. The van der Waals surface area contributed by atoms with Gasteiger partial charge in [0.15, 0.2) is 5.82 Å². The van der Waals surface area contributed by atoms with Gasteiger partial charge in [-0.15, -0.1) is 12.4 Å². The second kappa shape index (κ2) is 10.6. The van der Waals surface area contributed by atoms with Crippen LogP contribution in [0.2, 0.25) is 0 Å². The van der Waals surface area contributed by atoms with Gasteiger partial charge in [0, 0.05) is 45.6 Å². The summed E-state index contributed by atoms with van der Waals surface area (Å²) in [5, 5.41) is 7.44. The number of piperazine rings is 1. The molecule has 0 spiro atoms. The van der Waals surface area contributed by atoms with Crippen molar-refractivity contribution in [3.05, 3.63) is 11.7 Å². The van der Waals surface area contributed by atoms with Crippen molar-refractivity contribution in [2.45, 2.75) is 45.6 Å². The van der Waals surface area contributed by atoms with Gasteiger partial charge in [-0.3, -0.25) is 9.69 Å². The highest BCUT2D eigenvalue weighted by Crippen LogP contribution is 2.18. The van der Waals surface area contributed by atoms with Gasteiger partial charge in [-0.25, -0.2) is 0 Å². The van der Waals surface area contributed by atoms with E-state index in [9.17, 15) is 4.79 Å². The first kappa shape index (κ1) is 20.9. The van der Waals surface area contributed by atoms with Crippen molar-refractivity contribution >= 4 is 18.3 Å². The number of likely N-dealkylation sites (N-methyl/N-ethyl adjacent to an activating group) is 1. The number of carbonyl (C=O) groups is 1. The van der Waals surface area contributed by atoms with Crippen LogP contribution < -0.4 is 5.32 Å². The van der Waals surface area contributed by atoms with Crippen LogP contribution >= 0.6 is 12.4 Å². The van der Waals surface area contributed by atoms with Gasteiger partial charge in [0.1, 0.15) is 0 Å². The summed E-state index contributed by atoms with van der Waals surface area (Å²) in [7, 11) is 2.07. The highest BCUT2D eigenvalue weighted by Gasteiger charge is 2.25. The van der Waals surface area contributed by atoms with Crippen LogP contribution in [0.1, 0.15) is 50.9 Å². The number of amides is 1. The Labute approximate surface area is 150 Å². The summed E-state index contributed by atoms with van der Waals surface area (Å²) in [5.41, 5.74) is 0. The minimum Gasteiger partial charge on any atom is -0.343 e. The standard InChI is InChI=1S/C16H29N5O2.ClH/c1-4-9-21(10-5-2)15(22)7-6-14-18-16(19-23-14)13-12-17-8-11-20(13)3;/h13,17H,4-12H2,1-3H3;1H. The Kier molecular flexibility index (Phi) is 9.25. The Morgan fingerprint density at radius 1 is 1.38 bits per heavy atom. The Balaban J connectivity index is 0.00000288. The predicted octanol–water partition coefficient (Wildman–Crippen LogP) is 1.65. The molecule has 1 fully saturated rings. The molecule has 2 heterocycles. The van der Waals surface area contributed by atoms with Gasteiger partial charge in [0.25, 0.3) is 0 Å². The number of aromatic nitrogens is 2. The van der Waals surface area contributed by atoms with Gasteiger partial charge < -0.3 is 14.7 Å². The molecule has 7 nitrogen and oxygen atoms in total. The maximum absolute atomic E-state index is 12.3. The SMILES string of the molecule is CCCN(CCC)C(=O)CCc1nc(C2CNCCN2C)no1.Cl. The van der Waals surface area contributed by atoms with Crippen molar-refractivity contribution in [1.82, 2.24) is 25.3 Å². The fourth-order valence-electron chi connectivity index (χ4n) is 2.87. The van der Waals surface area contributed by atoms with Crippen LogP contribution in [-0.2, 0) is 11.2 Å². The molecule has 0 saturated carbocycles. The highest BCUT2D eigenvalue weighted by atomic mass is 35.5. The molecule has 1 N–H and O–H groups in total. The molecule has 1 amide bonds. The molecule has 1 atom stereocenters. The number of aryl methyl sites for hydroxylation is 1. The number of carbonyl (C=O) groups excluding carboxylic acids is 1. The second-order valence-corrected chi connectivity index (χ2v) is 6.13. The average Bonchev–Trinajstić information content (AvgIpc) is 3.01. The average molecular weight is 360 g/mol. The molecule has 24 heavy (non-hydrogen) atoms. The lowest BCUT2D eigenvalue weighted by Gasteiger charge is -2.30. The minimum absolute atomic E-state index is 0. The molecule has 0 radical (unpaired) electrons. The molecule has 1 aliphatic heterocycles. The largest absolute Gasteiger partial charge is 0.343 e. The maximum atomic E-state index is 12.3. The first-order valence-electron chi connectivity index (χ1n) is 8.66. The van der Waals surface area contributed by atoms with Crippen molar-refractivity contribution in [1.29, 1.82) is 0 Å². The maximum Gasteiger partial charge on any atom is 0.227 e. The molecule has 0 bridgehead atoms. The van der Waals surface area contributed by atoms with E-state index in [0.29, 0.717) is 24.6 Å². The molecule has 1 aromatic heterocycles. The van der Waals surface area contributed by atoms with E-state index in [1.165, 1.54) is 0 Å². The zero-order chi connectivity index (χ0) is 16.7. The second-order valence-electron chi connectivity index (χ2n) is 6.13. The Bertz CT molecular complexity index is 491. The summed E-state index contributed by atoms with van der Waals surface area (Å²) < 4.78 is 5.33. The summed E-state index contributed by atoms with van der Waals surface area (Å²) in [4.78, 5) is 20.9. The van der Waals surface area contributed by atoms with E-state index in [0.717, 1.165) is 45.6 Å².